The number of hydrogen-bond donors (Lipinski definition) is 3. The second-order valence-electron chi connectivity index (χ2n) is 4.79. The maximum Gasteiger partial charge on any atom is 0.393 e. The molecule has 1 aliphatic heterocycles. The Balaban J connectivity index is 2.26. The molecule has 20 heavy (non-hydrogen) atoms. The minimum Gasteiger partial charge on any atom is -0.355 e. The number of hydrogen-bond acceptors (Lipinski definition) is 4. The zero-order chi connectivity index (χ0) is 15.4. The summed E-state index contributed by atoms with van der Waals surface area (Å²) in [5, 5.41) is 9.83. The van der Waals surface area contributed by atoms with E-state index in [-0.39, 0.29) is 38.1 Å². The molecule has 6 nitrogen and oxygen atoms in total. The highest BCUT2D eigenvalue weighted by Crippen LogP contribution is 2.31. The molecule has 1 amide bonds. The number of nitrogens with one attached hydrogen (secondary N) is 2. The summed E-state index contributed by atoms with van der Waals surface area (Å²) in [7, 11) is -3.56. The van der Waals surface area contributed by atoms with E-state index in [1.54, 1.807) is 0 Å². The van der Waals surface area contributed by atoms with Crippen LogP contribution < -0.4 is 15.8 Å². The Labute approximate surface area is 115 Å². The smallest absolute Gasteiger partial charge is 0.355 e. The van der Waals surface area contributed by atoms with Crippen molar-refractivity contribution in [1.29, 1.82) is 0 Å². The first-order valence-electron chi connectivity index (χ1n) is 6.18. The lowest BCUT2D eigenvalue weighted by atomic mass is 9.94. The van der Waals surface area contributed by atoms with Crippen LogP contribution in [0.15, 0.2) is 0 Å². The van der Waals surface area contributed by atoms with Crippen molar-refractivity contribution in [1.82, 2.24) is 10.6 Å². The van der Waals surface area contributed by atoms with Gasteiger partial charge in [0.2, 0.25) is 15.9 Å². The molecule has 0 aromatic carbocycles. The molecular weight excluding hydrogens is 299 g/mol. The largest absolute Gasteiger partial charge is 0.393 e. The van der Waals surface area contributed by atoms with Crippen molar-refractivity contribution >= 4 is 15.9 Å². The quantitative estimate of drug-likeness (QED) is 0.607. The van der Waals surface area contributed by atoms with Gasteiger partial charge in [0.05, 0.1) is 17.7 Å². The van der Waals surface area contributed by atoms with Crippen LogP contribution in [0.3, 0.4) is 0 Å². The Morgan fingerprint density at radius 2 is 2.00 bits per heavy atom. The van der Waals surface area contributed by atoms with E-state index >= 15 is 0 Å². The van der Waals surface area contributed by atoms with Gasteiger partial charge >= 0.3 is 6.18 Å². The van der Waals surface area contributed by atoms with Crippen LogP contribution in [0.4, 0.5) is 13.2 Å². The van der Waals surface area contributed by atoms with Crippen molar-refractivity contribution in [2.75, 3.05) is 18.8 Å². The molecule has 10 heteroatoms. The Bertz CT molecular complexity index is 431. The number of carbonyl (C=O) groups excluding carboxylic acids is 1. The average Bonchev–Trinajstić information content (AvgIpc) is 2.32. The van der Waals surface area contributed by atoms with Gasteiger partial charge in [0.1, 0.15) is 0 Å². The maximum atomic E-state index is 12.4. The van der Waals surface area contributed by atoms with Crippen molar-refractivity contribution in [2.24, 2.45) is 11.1 Å². The van der Waals surface area contributed by atoms with E-state index in [4.69, 9.17) is 5.14 Å². The van der Waals surface area contributed by atoms with E-state index in [1.807, 2.05) is 0 Å². The molecule has 0 radical (unpaired) electrons. The number of alkyl halides is 3. The van der Waals surface area contributed by atoms with Crippen LogP contribution in [0.5, 0.6) is 0 Å². The van der Waals surface area contributed by atoms with Gasteiger partial charge in [-0.1, -0.05) is 0 Å². The van der Waals surface area contributed by atoms with Crippen LogP contribution in [0.25, 0.3) is 0 Å². The standard InChI is InChI=1S/C10H18F3N3O3S/c11-10(12,13)7-2-3-8(16-6-7)9(17)15-4-1-5-20(14,18)19/h7-8,16H,1-6H2,(H,15,17)(H2,14,18,19). The van der Waals surface area contributed by atoms with Gasteiger partial charge in [0.15, 0.2) is 0 Å². The van der Waals surface area contributed by atoms with E-state index < -0.39 is 34.1 Å². The van der Waals surface area contributed by atoms with Gasteiger partial charge in [-0.05, 0) is 19.3 Å². The summed E-state index contributed by atoms with van der Waals surface area (Å²) in [6, 6.07) is -0.664. The molecule has 0 spiro atoms. The first-order chi connectivity index (χ1) is 9.09. The number of rotatable bonds is 5. The van der Waals surface area contributed by atoms with Crippen LogP contribution in [0.2, 0.25) is 0 Å². The second kappa shape index (κ2) is 6.72. The van der Waals surface area contributed by atoms with E-state index in [2.05, 4.69) is 10.6 Å². The lowest BCUT2D eigenvalue weighted by Gasteiger charge is -2.30. The molecule has 0 aromatic rings. The summed E-state index contributed by atoms with van der Waals surface area (Å²) in [4.78, 5) is 11.6. The number of primary sulfonamides is 1. The Morgan fingerprint density at radius 3 is 2.45 bits per heavy atom. The fourth-order valence-electron chi connectivity index (χ4n) is 1.97. The normalized spacial score (nSPS) is 24.4. The second-order valence-corrected chi connectivity index (χ2v) is 6.52. The SMILES string of the molecule is NS(=O)(=O)CCCNC(=O)C1CCC(C(F)(F)F)CN1. The number of carbonyl (C=O) groups is 1. The van der Waals surface area contributed by atoms with Crippen molar-refractivity contribution in [3.63, 3.8) is 0 Å². The topological polar surface area (TPSA) is 101 Å². The van der Waals surface area contributed by atoms with Crippen molar-refractivity contribution in [3.8, 4) is 0 Å². The molecule has 2 unspecified atom stereocenters. The molecule has 118 valence electrons. The van der Waals surface area contributed by atoms with Crippen LogP contribution >= 0.6 is 0 Å². The molecule has 2 atom stereocenters. The minimum atomic E-state index is -4.25. The van der Waals surface area contributed by atoms with Crippen molar-refractivity contribution in [3.05, 3.63) is 0 Å². The molecule has 1 saturated heterocycles. The molecule has 1 rings (SSSR count). The molecule has 0 saturated carbocycles. The summed E-state index contributed by atoms with van der Waals surface area (Å²) in [6.07, 6.45) is -4.07. The molecule has 0 aliphatic carbocycles. The number of sulfonamides is 1. The Hall–Kier alpha value is -0.870. The third kappa shape index (κ3) is 6.06. The minimum absolute atomic E-state index is 0.0915. The van der Waals surface area contributed by atoms with E-state index in [0.29, 0.717) is 0 Å². The zero-order valence-electron chi connectivity index (χ0n) is 10.7. The predicted molar refractivity (Wildman–Crippen MR) is 66.2 cm³/mol. The molecule has 4 N–H and O–H groups in total. The average molecular weight is 317 g/mol. The van der Waals surface area contributed by atoms with E-state index in [1.165, 1.54) is 0 Å². The molecular formula is C10H18F3N3O3S. The van der Waals surface area contributed by atoms with Gasteiger partial charge < -0.3 is 10.6 Å². The van der Waals surface area contributed by atoms with Crippen molar-refractivity contribution < 1.29 is 26.4 Å². The van der Waals surface area contributed by atoms with Crippen LogP contribution in [0, 0.1) is 5.92 Å². The number of amides is 1. The molecule has 0 bridgehead atoms. The highest BCUT2D eigenvalue weighted by atomic mass is 32.2. The van der Waals surface area contributed by atoms with Crippen molar-refractivity contribution in [2.45, 2.75) is 31.5 Å². The third-order valence-electron chi connectivity index (χ3n) is 3.10. The van der Waals surface area contributed by atoms with Crippen LogP contribution in [-0.4, -0.2) is 45.4 Å². The predicted octanol–water partition coefficient (Wildman–Crippen LogP) is -0.288. The van der Waals surface area contributed by atoms with E-state index in [9.17, 15) is 26.4 Å². The van der Waals surface area contributed by atoms with Gasteiger partial charge in [-0.15, -0.1) is 0 Å². The Kier molecular flexibility index (Phi) is 5.78. The number of halogens is 3. The highest BCUT2D eigenvalue weighted by molar-refractivity contribution is 7.89. The summed E-state index contributed by atoms with van der Waals surface area (Å²) in [6.45, 7) is -0.158. The van der Waals surface area contributed by atoms with Crippen LogP contribution in [-0.2, 0) is 14.8 Å². The van der Waals surface area contributed by atoms with Gasteiger partial charge in [-0.2, -0.15) is 13.2 Å². The van der Waals surface area contributed by atoms with E-state index in [0.717, 1.165) is 0 Å². The summed E-state index contributed by atoms with van der Waals surface area (Å²) < 4.78 is 58.6. The fraction of sp³-hybridized carbons (Fsp3) is 0.900. The number of piperidine rings is 1. The van der Waals surface area contributed by atoms with Gasteiger partial charge in [-0.25, -0.2) is 13.6 Å². The first kappa shape index (κ1) is 17.2. The monoisotopic (exact) mass is 317 g/mol. The van der Waals surface area contributed by atoms with Gasteiger partial charge in [0, 0.05) is 13.1 Å². The molecule has 1 fully saturated rings. The first-order valence-corrected chi connectivity index (χ1v) is 7.89. The van der Waals surface area contributed by atoms with Crippen LogP contribution in [0.1, 0.15) is 19.3 Å². The summed E-state index contributed by atoms with van der Waals surface area (Å²) >= 11 is 0. The summed E-state index contributed by atoms with van der Waals surface area (Å²) in [5.74, 6) is -2.09. The molecule has 1 aliphatic rings. The number of nitrogens with two attached hydrogens (primary N) is 1. The lowest BCUT2D eigenvalue weighted by Crippen LogP contribution is -2.51. The van der Waals surface area contributed by atoms with Gasteiger partial charge in [-0.3, -0.25) is 4.79 Å². The lowest BCUT2D eigenvalue weighted by molar-refractivity contribution is -0.180. The third-order valence-corrected chi connectivity index (χ3v) is 3.96. The molecule has 0 aromatic heterocycles. The fourth-order valence-corrected chi connectivity index (χ4v) is 2.51. The maximum absolute atomic E-state index is 12.4. The highest BCUT2D eigenvalue weighted by Gasteiger charge is 2.42. The Morgan fingerprint density at radius 1 is 1.35 bits per heavy atom. The summed E-state index contributed by atoms with van der Waals surface area (Å²) in [5.41, 5.74) is 0. The van der Waals surface area contributed by atoms with Gasteiger partial charge in [0.25, 0.3) is 0 Å². The zero-order valence-corrected chi connectivity index (χ0v) is 11.6. The molecule has 1 heterocycles.